The highest BCUT2D eigenvalue weighted by Gasteiger charge is 1.99. The smallest absolute Gasteiger partial charge is 0.00743 e. The van der Waals surface area contributed by atoms with Crippen molar-refractivity contribution in [3.05, 3.63) is 41.5 Å². The molecule has 1 nitrogen and oxygen atoms in total. The number of benzene rings is 1. The quantitative estimate of drug-likeness (QED) is 0.735. The summed E-state index contributed by atoms with van der Waals surface area (Å²) in [6.45, 7) is 7.46. The van der Waals surface area contributed by atoms with Crippen LogP contribution < -0.4 is 5.73 Å². The first kappa shape index (κ1) is 14.0. The monoisotopic (exact) mass is 231 g/mol. The van der Waals surface area contributed by atoms with Crippen LogP contribution in [0.1, 0.15) is 44.7 Å². The predicted octanol–water partition coefficient (Wildman–Crippen LogP) is 4.03. The van der Waals surface area contributed by atoms with E-state index in [2.05, 4.69) is 51.1 Å². The molecule has 0 heterocycles. The van der Waals surface area contributed by atoms with Gasteiger partial charge in [-0.25, -0.2) is 0 Å². The number of allylic oxidation sites excluding steroid dienone is 2. The lowest BCUT2D eigenvalue weighted by Gasteiger charge is -2.07. The van der Waals surface area contributed by atoms with Gasteiger partial charge >= 0.3 is 0 Å². The molecular formula is C16H25N. The van der Waals surface area contributed by atoms with Gasteiger partial charge in [-0.15, -0.1) is 0 Å². The lowest BCUT2D eigenvalue weighted by molar-refractivity contribution is 0.647. The van der Waals surface area contributed by atoms with Crippen molar-refractivity contribution >= 4 is 5.57 Å². The fourth-order valence-electron chi connectivity index (χ4n) is 1.93. The molecule has 0 unspecified atom stereocenters. The molecule has 0 amide bonds. The van der Waals surface area contributed by atoms with Gasteiger partial charge in [0.15, 0.2) is 0 Å². The van der Waals surface area contributed by atoms with Crippen LogP contribution in [0.15, 0.2) is 30.3 Å². The zero-order valence-electron chi connectivity index (χ0n) is 11.4. The summed E-state index contributed by atoms with van der Waals surface area (Å²) in [7, 11) is 0. The maximum atomic E-state index is 5.49. The molecule has 0 aliphatic rings. The van der Waals surface area contributed by atoms with Gasteiger partial charge in [0.2, 0.25) is 0 Å². The van der Waals surface area contributed by atoms with E-state index in [-0.39, 0.29) is 0 Å². The second kappa shape index (κ2) is 7.29. The van der Waals surface area contributed by atoms with Crippen LogP contribution in [-0.2, 0) is 6.42 Å². The van der Waals surface area contributed by atoms with Gasteiger partial charge in [0.25, 0.3) is 0 Å². The minimum atomic E-state index is 0.724. The van der Waals surface area contributed by atoms with Gasteiger partial charge in [0, 0.05) is 0 Å². The van der Waals surface area contributed by atoms with Crippen LogP contribution in [0.2, 0.25) is 0 Å². The number of rotatable bonds is 6. The average Bonchev–Trinajstić information content (AvgIpc) is 2.29. The van der Waals surface area contributed by atoms with Crippen LogP contribution in [0.3, 0.4) is 0 Å². The molecule has 2 N–H and O–H groups in total. The van der Waals surface area contributed by atoms with Gasteiger partial charge in [-0.05, 0) is 55.3 Å². The van der Waals surface area contributed by atoms with Gasteiger partial charge in [0.05, 0.1) is 0 Å². The molecule has 94 valence electrons. The van der Waals surface area contributed by atoms with Crippen molar-refractivity contribution in [1.29, 1.82) is 0 Å². The van der Waals surface area contributed by atoms with E-state index in [0.717, 1.165) is 31.7 Å². The summed E-state index contributed by atoms with van der Waals surface area (Å²) in [5, 5.41) is 0. The fourth-order valence-corrected chi connectivity index (χ4v) is 1.93. The molecule has 1 aromatic carbocycles. The van der Waals surface area contributed by atoms with E-state index >= 15 is 0 Å². The molecule has 0 fully saturated rings. The summed E-state index contributed by atoms with van der Waals surface area (Å²) in [5.41, 5.74) is 9.60. The maximum absolute atomic E-state index is 5.49. The summed E-state index contributed by atoms with van der Waals surface area (Å²) in [4.78, 5) is 0. The molecule has 0 saturated heterocycles. The van der Waals surface area contributed by atoms with Crippen LogP contribution in [-0.4, -0.2) is 6.54 Å². The molecule has 0 bridgehead atoms. The molecule has 1 aromatic rings. The van der Waals surface area contributed by atoms with Crippen molar-refractivity contribution in [3.8, 4) is 0 Å². The Balaban J connectivity index is 2.63. The van der Waals surface area contributed by atoms with Crippen LogP contribution in [0.5, 0.6) is 0 Å². The summed E-state index contributed by atoms with van der Waals surface area (Å²) in [6, 6.07) is 8.95. The molecular weight excluding hydrogens is 206 g/mol. The van der Waals surface area contributed by atoms with E-state index in [1.54, 1.807) is 0 Å². The van der Waals surface area contributed by atoms with Gasteiger partial charge in [-0.2, -0.15) is 0 Å². The lowest BCUT2D eigenvalue weighted by Crippen LogP contribution is -1.96. The van der Waals surface area contributed by atoms with Crippen molar-refractivity contribution < 1.29 is 0 Å². The second-order valence-corrected chi connectivity index (χ2v) is 5.11. The second-order valence-electron chi connectivity index (χ2n) is 5.11. The lowest BCUT2D eigenvalue weighted by atomic mass is 9.99. The summed E-state index contributed by atoms with van der Waals surface area (Å²) in [6.07, 6.45) is 5.60. The molecule has 0 spiro atoms. The van der Waals surface area contributed by atoms with Crippen molar-refractivity contribution in [2.45, 2.75) is 40.0 Å². The Kier molecular flexibility index (Phi) is 5.99. The summed E-state index contributed by atoms with van der Waals surface area (Å²) >= 11 is 0. The average molecular weight is 231 g/mol. The Morgan fingerprint density at radius 2 is 1.88 bits per heavy atom. The van der Waals surface area contributed by atoms with E-state index in [1.807, 2.05) is 0 Å². The first-order valence-corrected chi connectivity index (χ1v) is 6.59. The number of nitrogens with two attached hydrogens (primary N) is 1. The van der Waals surface area contributed by atoms with E-state index in [1.165, 1.54) is 16.7 Å². The van der Waals surface area contributed by atoms with Crippen LogP contribution in [0, 0.1) is 5.92 Å². The Bertz CT molecular complexity index is 346. The van der Waals surface area contributed by atoms with Gasteiger partial charge < -0.3 is 5.73 Å². The number of unbranched alkanes of at least 4 members (excludes halogenated alkanes) is 1. The highest BCUT2D eigenvalue weighted by Crippen LogP contribution is 2.17. The third kappa shape index (κ3) is 5.18. The largest absolute Gasteiger partial charge is 0.330 e. The Morgan fingerprint density at radius 3 is 2.41 bits per heavy atom. The predicted molar refractivity (Wildman–Crippen MR) is 76.9 cm³/mol. The first-order chi connectivity index (χ1) is 8.13. The van der Waals surface area contributed by atoms with Gasteiger partial charge in [0.1, 0.15) is 0 Å². The van der Waals surface area contributed by atoms with Crippen molar-refractivity contribution in [1.82, 2.24) is 0 Å². The van der Waals surface area contributed by atoms with Crippen LogP contribution >= 0.6 is 0 Å². The number of hydrogen-bond donors (Lipinski definition) is 1. The molecule has 0 aromatic heterocycles. The summed E-state index contributed by atoms with van der Waals surface area (Å²) < 4.78 is 0. The van der Waals surface area contributed by atoms with E-state index in [4.69, 9.17) is 5.73 Å². The van der Waals surface area contributed by atoms with Crippen molar-refractivity contribution in [2.75, 3.05) is 6.54 Å². The topological polar surface area (TPSA) is 26.0 Å². The first-order valence-electron chi connectivity index (χ1n) is 6.59. The molecule has 17 heavy (non-hydrogen) atoms. The molecule has 0 aliphatic carbocycles. The van der Waals surface area contributed by atoms with E-state index in [0.29, 0.717) is 0 Å². The minimum absolute atomic E-state index is 0.724. The van der Waals surface area contributed by atoms with Crippen LogP contribution in [0.4, 0.5) is 0 Å². The van der Waals surface area contributed by atoms with Crippen molar-refractivity contribution in [2.24, 2.45) is 11.7 Å². The molecule has 0 radical (unpaired) electrons. The highest BCUT2D eigenvalue weighted by atomic mass is 14.5. The van der Waals surface area contributed by atoms with Gasteiger partial charge in [-0.1, -0.05) is 44.2 Å². The standard InChI is InChI=1S/C16H25N/c1-13(2)12-15-7-9-16(10-8-15)14(3)6-4-5-11-17/h6-10,13H,4-5,11-12,17H2,1-3H3/b14-6+. The fraction of sp³-hybridized carbons (Fsp3) is 0.500. The van der Waals surface area contributed by atoms with E-state index < -0.39 is 0 Å². The third-order valence-corrected chi connectivity index (χ3v) is 2.91. The maximum Gasteiger partial charge on any atom is -0.00743 e. The van der Waals surface area contributed by atoms with Crippen molar-refractivity contribution in [3.63, 3.8) is 0 Å². The molecule has 0 saturated carbocycles. The normalized spacial score (nSPS) is 12.2. The molecule has 0 atom stereocenters. The van der Waals surface area contributed by atoms with Gasteiger partial charge in [-0.3, -0.25) is 0 Å². The van der Waals surface area contributed by atoms with Crippen LogP contribution in [0.25, 0.3) is 5.57 Å². The highest BCUT2D eigenvalue weighted by molar-refractivity contribution is 5.63. The zero-order valence-corrected chi connectivity index (χ0v) is 11.4. The summed E-state index contributed by atoms with van der Waals surface area (Å²) in [5.74, 6) is 0.724. The Labute approximate surface area is 106 Å². The number of hydrogen-bond acceptors (Lipinski definition) is 1. The Morgan fingerprint density at radius 1 is 1.24 bits per heavy atom. The molecule has 1 rings (SSSR count). The Hall–Kier alpha value is -1.08. The zero-order chi connectivity index (χ0) is 12.7. The SMILES string of the molecule is C/C(=C\CCCN)c1ccc(CC(C)C)cc1. The molecule has 1 heteroatoms. The minimum Gasteiger partial charge on any atom is -0.330 e. The molecule has 0 aliphatic heterocycles. The third-order valence-electron chi connectivity index (χ3n) is 2.91. The van der Waals surface area contributed by atoms with E-state index in [9.17, 15) is 0 Å².